The van der Waals surface area contributed by atoms with Crippen LogP contribution < -0.4 is 0 Å². The summed E-state index contributed by atoms with van der Waals surface area (Å²) in [5.74, 6) is 0. The Kier molecular flexibility index (Phi) is 2.35. The standard InChI is InChI=1S/C13H7Cl2NO/c14-8-2-4-11-10(5-8)9-3-1-7(6-17)12(15)13(9)16-11/h1-6,16H. The number of benzene rings is 2. The van der Waals surface area contributed by atoms with E-state index >= 15 is 0 Å². The molecule has 1 heterocycles. The van der Waals surface area contributed by atoms with Crippen molar-refractivity contribution >= 4 is 51.3 Å². The lowest BCUT2D eigenvalue weighted by Crippen LogP contribution is -1.82. The molecule has 0 radical (unpaired) electrons. The normalized spacial score (nSPS) is 11.2. The van der Waals surface area contributed by atoms with E-state index in [0.29, 0.717) is 15.6 Å². The van der Waals surface area contributed by atoms with Gasteiger partial charge in [-0.3, -0.25) is 4.79 Å². The fourth-order valence-corrected chi connectivity index (χ4v) is 2.44. The van der Waals surface area contributed by atoms with Crippen molar-refractivity contribution in [1.82, 2.24) is 4.98 Å². The second-order valence-electron chi connectivity index (χ2n) is 3.82. The lowest BCUT2D eigenvalue weighted by molar-refractivity contribution is 0.112. The Morgan fingerprint density at radius 1 is 1.06 bits per heavy atom. The van der Waals surface area contributed by atoms with Gasteiger partial charge in [-0.05, 0) is 24.3 Å². The number of aromatic nitrogens is 1. The number of halogens is 2. The zero-order valence-electron chi connectivity index (χ0n) is 8.63. The summed E-state index contributed by atoms with van der Waals surface area (Å²) in [6.07, 6.45) is 0.750. The number of fused-ring (bicyclic) bond motifs is 3. The first-order valence-corrected chi connectivity index (χ1v) is 5.81. The van der Waals surface area contributed by atoms with Gasteiger partial charge in [-0.1, -0.05) is 29.3 Å². The number of nitrogens with one attached hydrogen (secondary N) is 1. The van der Waals surface area contributed by atoms with E-state index in [0.717, 1.165) is 28.1 Å². The Hall–Kier alpha value is -1.51. The van der Waals surface area contributed by atoms with E-state index in [2.05, 4.69) is 4.98 Å². The molecule has 4 heteroatoms. The lowest BCUT2D eigenvalue weighted by atomic mass is 10.1. The third-order valence-electron chi connectivity index (χ3n) is 2.83. The molecule has 84 valence electrons. The smallest absolute Gasteiger partial charge is 0.151 e. The van der Waals surface area contributed by atoms with E-state index < -0.39 is 0 Å². The van der Waals surface area contributed by atoms with Crippen LogP contribution in [0.2, 0.25) is 10.0 Å². The molecule has 0 saturated heterocycles. The minimum Gasteiger partial charge on any atom is -0.353 e. The van der Waals surface area contributed by atoms with E-state index in [-0.39, 0.29) is 0 Å². The number of hydrogen-bond donors (Lipinski definition) is 1. The number of rotatable bonds is 1. The molecule has 0 aliphatic heterocycles. The molecule has 0 spiro atoms. The van der Waals surface area contributed by atoms with Crippen LogP contribution in [0.1, 0.15) is 10.4 Å². The number of hydrogen-bond acceptors (Lipinski definition) is 1. The van der Waals surface area contributed by atoms with Crippen molar-refractivity contribution in [3.05, 3.63) is 45.9 Å². The van der Waals surface area contributed by atoms with Crippen LogP contribution in [-0.4, -0.2) is 11.3 Å². The molecule has 0 atom stereocenters. The van der Waals surface area contributed by atoms with Gasteiger partial charge in [-0.15, -0.1) is 0 Å². The summed E-state index contributed by atoms with van der Waals surface area (Å²) >= 11 is 12.1. The van der Waals surface area contributed by atoms with Crippen molar-refractivity contribution in [2.24, 2.45) is 0 Å². The zero-order valence-corrected chi connectivity index (χ0v) is 10.1. The van der Waals surface area contributed by atoms with Gasteiger partial charge in [0.2, 0.25) is 0 Å². The Bertz CT molecular complexity index is 746. The highest BCUT2D eigenvalue weighted by atomic mass is 35.5. The molecule has 1 N–H and O–H groups in total. The Balaban J connectivity index is 2.51. The first-order valence-electron chi connectivity index (χ1n) is 5.05. The van der Waals surface area contributed by atoms with Crippen molar-refractivity contribution < 1.29 is 4.79 Å². The number of carbonyl (C=O) groups excluding carboxylic acids is 1. The molecule has 0 aliphatic carbocycles. The molecule has 0 bridgehead atoms. The van der Waals surface area contributed by atoms with Gasteiger partial charge in [-0.2, -0.15) is 0 Å². The number of carbonyl (C=O) groups is 1. The van der Waals surface area contributed by atoms with E-state index in [1.54, 1.807) is 6.07 Å². The maximum atomic E-state index is 10.8. The predicted molar refractivity (Wildman–Crippen MR) is 71.2 cm³/mol. The second kappa shape index (κ2) is 3.76. The maximum absolute atomic E-state index is 10.8. The van der Waals surface area contributed by atoms with Crippen molar-refractivity contribution in [2.45, 2.75) is 0 Å². The molecule has 0 unspecified atom stereocenters. The van der Waals surface area contributed by atoms with E-state index in [1.807, 2.05) is 24.3 Å². The summed E-state index contributed by atoms with van der Waals surface area (Å²) in [5, 5.41) is 3.10. The van der Waals surface area contributed by atoms with Gasteiger partial charge in [0.25, 0.3) is 0 Å². The molecular weight excluding hydrogens is 257 g/mol. The molecule has 2 nitrogen and oxygen atoms in total. The summed E-state index contributed by atoms with van der Waals surface area (Å²) in [7, 11) is 0. The van der Waals surface area contributed by atoms with Gasteiger partial charge in [0.05, 0.1) is 10.5 Å². The van der Waals surface area contributed by atoms with Crippen molar-refractivity contribution in [2.75, 3.05) is 0 Å². The van der Waals surface area contributed by atoms with Crippen LogP contribution in [0, 0.1) is 0 Å². The average Bonchev–Trinajstić information content (AvgIpc) is 2.69. The van der Waals surface area contributed by atoms with Crippen LogP contribution in [0.15, 0.2) is 30.3 Å². The van der Waals surface area contributed by atoms with E-state index in [4.69, 9.17) is 23.2 Å². The van der Waals surface area contributed by atoms with E-state index in [1.165, 1.54) is 0 Å². The van der Waals surface area contributed by atoms with Gasteiger partial charge >= 0.3 is 0 Å². The summed E-state index contributed by atoms with van der Waals surface area (Å²) in [5.41, 5.74) is 2.21. The number of H-pyrrole nitrogens is 1. The zero-order chi connectivity index (χ0) is 12.0. The first-order chi connectivity index (χ1) is 8.20. The fourth-order valence-electron chi connectivity index (χ4n) is 2.01. The Morgan fingerprint density at radius 2 is 1.88 bits per heavy atom. The largest absolute Gasteiger partial charge is 0.353 e. The van der Waals surface area contributed by atoms with Crippen LogP contribution in [0.3, 0.4) is 0 Å². The lowest BCUT2D eigenvalue weighted by Gasteiger charge is -1.97. The number of aromatic amines is 1. The third-order valence-corrected chi connectivity index (χ3v) is 3.47. The highest BCUT2D eigenvalue weighted by Crippen LogP contribution is 2.33. The molecular formula is C13H7Cl2NO. The summed E-state index contributed by atoms with van der Waals surface area (Å²) in [4.78, 5) is 14.0. The van der Waals surface area contributed by atoms with Crippen LogP contribution in [-0.2, 0) is 0 Å². The topological polar surface area (TPSA) is 32.9 Å². The van der Waals surface area contributed by atoms with Gasteiger partial charge in [0.1, 0.15) is 0 Å². The second-order valence-corrected chi connectivity index (χ2v) is 4.64. The van der Waals surface area contributed by atoms with Crippen molar-refractivity contribution in [3.63, 3.8) is 0 Å². The highest BCUT2D eigenvalue weighted by Gasteiger charge is 2.10. The van der Waals surface area contributed by atoms with Gasteiger partial charge in [0.15, 0.2) is 6.29 Å². The quantitative estimate of drug-likeness (QED) is 0.647. The molecule has 3 rings (SSSR count). The summed E-state index contributed by atoms with van der Waals surface area (Å²) < 4.78 is 0. The monoisotopic (exact) mass is 263 g/mol. The minimum absolute atomic E-state index is 0.449. The maximum Gasteiger partial charge on any atom is 0.151 e. The van der Waals surface area contributed by atoms with Crippen LogP contribution >= 0.6 is 23.2 Å². The van der Waals surface area contributed by atoms with Gasteiger partial charge in [-0.25, -0.2) is 0 Å². The van der Waals surface area contributed by atoms with Crippen molar-refractivity contribution in [1.29, 1.82) is 0 Å². The molecule has 0 aliphatic rings. The van der Waals surface area contributed by atoms with Crippen LogP contribution in [0.4, 0.5) is 0 Å². The van der Waals surface area contributed by atoms with Crippen molar-refractivity contribution in [3.8, 4) is 0 Å². The van der Waals surface area contributed by atoms with Crippen LogP contribution in [0.25, 0.3) is 21.8 Å². The molecule has 0 amide bonds. The molecule has 17 heavy (non-hydrogen) atoms. The SMILES string of the molecule is O=Cc1ccc2c([nH]c3ccc(Cl)cc32)c1Cl. The third kappa shape index (κ3) is 1.53. The predicted octanol–water partition coefficient (Wildman–Crippen LogP) is 4.44. The fraction of sp³-hybridized carbons (Fsp3) is 0. The summed E-state index contributed by atoms with van der Waals surface area (Å²) in [6.45, 7) is 0. The average molecular weight is 264 g/mol. The summed E-state index contributed by atoms with van der Waals surface area (Å²) in [6, 6.07) is 9.18. The molecule has 2 aromatic carbocycles. The minimum atomic E-state index is 0.449. The van der Waals surface area contributed by atoms with Gasteiger partial charge < -0.3 is 4.98 Å². The van der Waals surface area contributed by atoms with Crippen LogP contribution in [0.5, 0.6) is 0 Å². The molecule has 0 fully saturated rings. The Morgan fingerprint density at radius 3 is 2.65 bits per heavy atom. The molecule has 1 aromatic heterocycles. The first kappa shape index (κ1) is 10.6. The van der Waals surface area contributed by atoms with Gasteiger partial charge in [0, 0.05) is 26.9 Å². The number of aldehydes is 1. The Labute approximate surface area is 107 Å². The molecule has 3 aromatic rings. The molecule has 0 saturated carbocycles. The highest BCUT2D eigenvalue weighted by molar-refractivity contribution is 6.39. The van der Waals surface area contributed by atoms with E-state index in [9.17, 15) is 4.79 Å².